The molecule has 0 spiro atoms. The lowest BCUT2D eigenvalue weighted by molar-refractivity contribution is 0.552. The van der Waals surface area contributed by atoms with Gasteiger partial charge in [0.05, 0.1) is 6.04 Å². The van der Waals surface area contributed by atoms with Crippen molar-refractivity contribution in [2.75, 3.05) is 6.54 Å². The highest BCUT2D eigenvalue weighted by atomic mass is 32.1. The summed E-state index contributed by atoms with van der Waals surface area (Å²) in [5, 5.41) is 14.3. The molecule has 0 radical (unpaired) electrons. The van der Waals surface area contributed by atoms with Gasteiger partial charge in [-0.3, -0.25) is 0 Å². The zero-order valence-corrected chi connectivity index (χ0v) is 11.6. The van der Waals surface area contributed by atoms with Crippen LogP contribution in [0, 0.1) is 5.92 Å². The summed E-state index contributed by atoms with van der Waals surface area (Å²) in [7, 11) is 0. The Morgan fingerprint density at radius 3 is 2.62 bits per heavy atom. The van der Waals surface area contributed by atoms with Crippen molar-refractivity contribution in [1.82, 2.24) is 15.5 Å². The molecule has 0 aliphatic rings. The Balaban J connectivity index is 2.50. The van der Waals surface area contributed by atoms with E-state index in [2.05, 4.69) is 43.2 Å². The van der Waals surface area contributed by atoms with Crippen molar-refractivity contribution in [2.45, 2.75) is 53.0 Å². The molecule has 0 amide bonds. The minimum absolute atomic E-state index is 0.336. The third-order valence-corrected chi connectivity index (χ3v) is 3.90. The van der Waals surface area contributed by atoms with Gasteiger partial charge in [-0.25, -0.2) is 0 Å². The third kappa shape index (κ3) is 4.18. The second-order valence-electron chi connectivity index (χ2n) is 4.43. The molecule has 0 aromatic carbocycles. The highest BCUT2D eigenvalue weighted by molar-refractivity contribution is 7.11. The van der Waals surface area contributed by atoms with Crippen molar-refractivity contribution in [3.8, 4) is 0 Å². The predicted octanol–water partition coefficient (Wildman–Crippen LogP) is 3.19. The zero-order valence-electron chi connectivity index (χ0n) is 10.8. The van der Waals surface area contributed by atoms with Gasteiger partial charge in [0, 0.05) is 6.42 Å². The van der Waals surface area contributed by atoms with E-state index in [4.69, 9.17) is 0 Å². The third-order valence-electron chi connectivity index (χ3n) is 2.77. The molecule has 1 N–H and O–H groups in total. The van der Waals surface area contributed by atoms with Gasteiger partial charge >= 0.3 is 0 Å². The number of nitrogens with zero attached hydrogens (tertiary/aromatic N) is 2. The molecule has 92 valence electrons. The first-order valence-electron chi connectivity index (χ1n) is 6.23. The number of aromatic nitrogens is 2. The summed E-state index contributed by atoms with van der Waals surface area (Å²) >= 11 is 1.75. The molecule has 2 atom stereocenters. The highest BCUT2D eigenvalue weighted by Crippen LogP contribution is 2.20. The van der Waals surface area contributed by atoms with E-state index in [1.54, 1.807) is 11.3 Å². The van der Waals surface area contributed by atoms with Crippen LogP contribution < -0.4 is 5.32 Å². The van der Waals surface area contributed by atoms with Crippen LogP contribution >= 0.6 is 11.3 Å². The molecule has 1 aromatic heterocycles. The summed E-state index contributed by atoms with van der Waals surface area (Å²) in [5.41, 5.74) is 0. The van der Waals surface area contributed by atoms with Crippen molar-refractivity contribution in [1.29, 1.82) is 0 Å². The maximum atomic E-state index is 4.26. The molecular formula is C12H23N3S. The summed E-state index contributed by atoms with van der Waals surface area (Å²) in [6.45, 7) is 9.86. The van der Waals surface area contributed by atoms with Gasteiger partial charge < -0.3 is 5.32 Å². The molecule has 0 saturated heterocycles. The van der Waals surface area contributed by atoms with Gasteiger partial charge in [0.25, 0.3) is 0 Å². The van der Waals surface area contributed by atoms with Crippen LogP contribution in [0.4, 0.5) is 0 Å². The lowest BCUT2D eigenvalue weighted by Gasteiger charge is -2.08. The van der Waals surface area contributed by atoms with Crippen molar-refractivity contribution in [3.05, 3.63) is 10.0 Å². The minimum Gasteiger partial charge on any atom is -0.308 e. The highest BCUT2D eigenvalue weighted by Gasteiger charge is 2.12. The van der Waals surface area contributed by atoms with Crippen LogP contribution in [0.3, 0.4) is 0 Å². The van der Waals surface area contributed by atoms with E-state index in [0.717, 1.165) is 24.4 Å². The number of hydrogen-bond acceptors (Lipinski definition) is 4. The van der Waals surface area contributed by atoms with Crippen LogP contribution in [0.15, 0.2) is 0 Å². The van der Waals surface area contributed by atoms with Gasteiger partial charge in [0.15, 0.2) is 0 Å². The monoisotopic (exact) mass is 241 g/mol. The van der Waals surface area contributed by atoms with Crippen molar-refractivity contribution in [3.63, 3.8) is 0 Å². The zero-order chi connectivity index (χ0) is 12.0. The van der Waals surface area contributed by atoms with Gasteiger partial charge in [-0.2, -0.15) is 0 Å². The second-order valence-corrected chi connectivity index (χ2v) is 5.52. The molecule has 1 rings (SSSR count). The van der Waals surface area contributed by atoms with Crippen LogP contribution in [0.1, 0.15) is 56.6 Å². The van der Waals surface area contributed by atoms with Gasteiger partial charge in [-0.1, -0.05) is 38.5 Å². The van der Waals surface area contributed by atoms with E-state index >= 15 is 0 Å². The lowest BCUT2D eigenvalue weighted by atomic mass is 10.1. The first kappa shape index (κ1) is 13.6. The van der Waals surface area contributed by atoms with Crippen molar-refractivity contribution < 1.29 is 0 Å². The van der Waals surface area contributed by atoms with Crippen LogP contribution in [0.25, 0.3) is 0 Å². The van der Waals surface area contributed by atoms with Crippen LogP contribution in [0.5, 0.6) is 0 Å². The van der Waals surface area contributed by atoms with E-state index in [1.165, 1.54) is 11.4 Å². The Hall–Kier alpha value is -0.480. The predicted molar refractivity (Wildman–Crippen MR) is 69.8 cm³/mol. The van der Waals surface area contributed by atoms with E-state index in [1.807, 2.05) is 0 Å². The number of nitrogens with one attached hydrogen (secondary N) is 1. The summed E-state index contributed by atoms with van der Waals surface area (Å²) < 4.78 is 0. The second kappa shape index (κ2) is 6.97. The smallest absolute Gasteiger partial charge is 0.134 e. The average Bonchev–Trinajstić information content (AvgIpc) is 2.74. The molecule has 1 aromatic rings. The quantitative estimate of drug-likeness (QED) is 0.796. The van der Waals surface area contributed by atoms with Gasteiger partial charge in [-0.05, 0) is 25.8 Å². The molecule has 3 nitrogen and oxygen atoms in total. The summed E-state index contributed by atoms with van der Waals surface area (Å²) in [6, 6.07) is 0.336. The number of rotatable bonds is 7. The Kier molecular flexibility index (Phi) is 5.91. The Morgan fingerprint density at radius 2 is 2.00 bits per heavy atom. The van der Waals surface area contributed by atoms with E-state index < -0.39 is 0 Å². The Labute approximate surface area is 103 Å². The van der Waals surface area contributed by atoms with E-state index in [9.17, 15) is 0 Å². The van der Waals surface area contributed by atoms with Gasteiger partial charge in [0.2, 0.25) is 0 Å². The molecular weight excluding hydrogens is 218 g/mol. The van der Waals surface area contributed by atoms with Crippen LogP contribution in [-0.2, 0) is 6.42 Å². The van der Waals surface area contributed by atoms with Crippen molar-refractivity contribution in [2.24, 2.45) is 5.92 Å². The van der Waals surface area contributed by atoms with Gasteiger partial charge in [0.1, 0.15) is 10.0 Å². The van der Waals surface area contributed by atoms with Crippen LogP contribution in [0.2, 0.25) is 0 Å². The normalized spacial score (nSPS) is 15.0. The molecule has 0 saturated carbocycles. The van der Waals surface area contributed by atoms with Gasteiger partial charge in [-0.15, -0.1) is 10.2 Å². The molecule has 0 fully saturated rings. The Morgan fingerprint density at radius 1 is 1.25 bits per heavy atom. The maximum absolute atomic E-state index is 4.26. The molecule has 1 heterocycles. The SMILES string of the molecule is CCCNC(C)c1nnc(CC(C)CC)s1. The molecule has 4 heteroatoms. The summed E-state index contributed by atoms with van der Waals surface area (Å²) in [5.74, 6) is 0.708. The molecule has 0 aliphatic carbocycles. The lowest BCUT2D eigenvalue weighted by Crippen LogP contribution is -2.19. The summed E-state index contributed by atoms with van der Waals surface area (Å²) in [4.78, 5) is 0. The fraction of sp³-hybridized carbons (Fsp3) is 0.833. The van der Waals surface area contributed by atoms with Crippen LogP contribution in [-0.4, -0.2) is 16.7 Å². The fourth-order valence-corrected chi connectivity index (χ4v) is 2.45. The van der Waals surface area contributed by atoms with E-state index in [-0.39, 0.29) is 0 Å². The standard InChI is InChI=1S/C12H23N3S/c1-5-7-13-10(4)12-15-14-11(16-12)8-9(3)6-2/h9-10,13H,5-8H2,1-4H3. The Bertz CT molecular complexity index is 298. The largest absolute Gasteiger partial charge is 0.308 e. The molecule has 0 aliphatic heterocycles. The summed E-state index contributed by atoms with van der Waals surface area (Å²) in [6.07, 6.45) is 3.43. The molecule has 0 bridgehead atoms. The molecule has 16 heavy (non-hydrogen) atoms. The molecule has 2 unspecified atom stereocenters. The first-order valence-corrected chi connectivity index (χ1v) is 7.04. The van der Waals surface area contributed by atoms with E-state index in [0.29, 0.717) is 12.0 Å². The first-order chi connectivity index (χ1) is 7.67. The topological polar surface area (TPSA) is 37.8 Å². The maximum Gasteiger partial charge on any atom is 0.134 e. The fourth-order valence-electron chi connectivity index (χ4n) is 1.41. The van der Waals surface area contributed by atoms with Crippen molar-refractivity contribution >= 4 is 11.3 Å². The number of hydrogen-bond donors (Lipinski definition) is 1. The minimum atomic E-state index is 0.336. The average molecular weight is 241 g/mol.